The highest BCUT2D eigenvalue weighted by Crippen LogP contribution is 2.19. The molecule has 1 aliphatic rings. The van der Waals surface area contributed by atoms with Gasteiger partial charge in [-0.2, -0.15) is 0 Å². The number of nitrogens with zero attached hydrogens (tertiary/aromatic N) is 2. The number of nitrogens with two attached hydrogens (primary N) is 1. The Hall–Kier alpha value is -1.40. The number of nitrogens with one attached hydrogen (secondary N) is 2. The zero-order valence-corrected chi connectivity index (χ0v) is 9.31. The van der Waals surface area contributed by atoms with E-state index in [-0.39, 0.29) is 0 Å². The van der Waals surface area contributed by atoms with E-state index in [1.165, 1.54) is 0 Å². The summed E-state index contributed by atoms with van der Waals surface area (Å²) in [4.78, 5) is 8.29. The Kier molecular flexibility index (Phi) is 3.53. The molecule has 1 aromatic heterocycles. The maximum Gasteiger partial charge on any atom is 0.160 e. The average Bonchev–Trinajstić information content (AvgIpc) is 2.83. The van der Waals surface area contributed by atoms with Gasteiger partial charge in [0.15, 0.2) is 5.82 Å². The van der Waals surface area contributed by atoms with Crippen molar-refractivity contribution in [2.45, 2.75) is 19.4 Å². The lowest BCUT2D eigenvalue weighted by Gasteiger charge is -2.19. The van der Waals surface area contributed by atoms with Gasteiger partial charge in [0, 0.05) is 18.6 Å². The van der Waals surface area contributed by atoms with Gasteiger partial charge >= 0.3 is 0 Å². The van der Waals surface area contributed by atoms with Gasteiger partial charge in [0.2, 0.25) is 0 Å². The molecule has 2 atom stereocenters. The molecular formula is C10H17N5O. The number of ether oxygens (including phenoxy) is 1. The Balaban J connectivity index is 1.96. The van der Waals surface area contributed by atoms with Crippen molar-refractivity contribution < 1.29 is 4.74 Å². The second-order valence-electron chi connectivity index (χ2n) is 3.99. The highest BCUT2D eigenvalue weighted by Gasteiger charge is 2.22. The molecule has 0 amide bonds. The summed E-state index contributed by atoms with van der Waals surface area (Å²) in [5.74, 6) is 7.10. The van der Waals surface area contributed by atoms with Gasteiger partial charge in [-0.1, -0.05) is 0 Å². The first-order valence-corrected chi connectivity index (χ1v) is 5.42. The van der Waals surface area contributed by atoms with Crippen LogP contribution >= 0.6 is 0 Å². The lowest BCUT2D eigenvalue weighted by Crippen LogP contribution is -2.26. The minimum Gasteiger partial charge on any atom is -0.381 e. The van der Waals surface area contributed by atoms with E-state index in [2.05, 4.69) is 27.6 Å². The van der Waals surface area contributed by atoms with Gasteiger partial charge < -0.3 is 15.5 Å². The van der Waals surface area contributed by atoms with Gasteiger partial charge in [-0.3, -0.25) is 4.98 Å². The van der Waals surface area contributed by atoms with E-state index in [0.29, 0.717) is 17.8 Å². The largest absolute Gasteiger partial charge is 0.381 e. The quantitative estimate of drug-likeness (QED) is 0.512. The van der Waals surface area contributed by atoms with Gasteiger partial charge in [0.05, 0.1) is 19.0 Å². The third-order valence-corrected chi connectivity index (χ3v) is 2.83. The summed E-state index contributed by atoms with van der Waals surface area (Å²) >= 11 is 0. The lowest BCUT2D eigenvalue weighted by molar-refractivity contribution is 0.183. The molecule has 0 saturated carbocycles. The molecule has 0 radical (unpaired) electrons. The second-order valence-corrected chi connectivity index (χ2v) is 3.99. The summed E-state index contributed by atoms with van der Waals surface area (Å²) in [6.45, 7) is 3.80. The number of hydrogen-bond acceptors (Lipinski definition) is 6. The van der Waals surface area contributed by atoms with Crippen LogP contribution in [0, 0.1) is 5.92 Å². The Labute approximate surface area is 94.6 Å². The van der Waals surface area contributed by atoms with Gasteiger partial charge in [-0.25, -0.2) is 10.8 Å². The van der Waals surface area contributed by atoms with Crippen molar-refractivity contribution in [2.75, 3.05) is 24.0 Å². The summed E-state index contributed by atoms with van der Waals surface area (Å²) in [6.07, 6.45) is 4.36. The zero-order chi connectivity index (χ0) is 11.4. The summed E-state index contributed by atoms with van der Waals surface area (Å²) in [5, 5.41) is 3.31. The fourth-order valence-electron chi connectivity index (χ4n) is 1.80. The molecule has 4 N–H and O–H groups in total. The van der Waals surface area contributed by atoms with Crippen molar-refractivity contribution >= 4 is 11.6 Å². The van der Waals surface area contributed by atoms with Crippen molar-refractivity contribution in [1.29, 1.82) is 0 Å². The third kappa shape index (κ3) is 2.59. The van der Waals surface area contributed by atoms with Crippen LogP contribution in [-0.2, 0) is 4.74 Å². The predicted octanol–water partition coefficient (Wildman–Crippen LogP) is 0.599. The van der Waals surface area contributed by atoms with Crippen molar-refractivity contribution in [2.24, 2.45) is 11.8 Å². The number of rotatable bonds is 4. The fourth-order valence-corrected chi connectivity index (χ4v) is 1.80. The minimum absolute atomic E-state index is 0.324. The van der Waals surface area contributed by atoms with E-state index < -0.39 is 0 Å². The highest BCUT2D eigenvalue weighted by atomic mass is 16.5. The molecule has 1 fully saturated rings. The smallest absolute Gasteiger partial charge is 0.160 e. The van der Waals surface area contributed by atoms with Crippen LogP contribution in [0.1, 0.15) is 13.3 Å². The van der Waals surface area contributed by atoms with Crippen molar-refractivity contribution in [3.8, 4) is 0 Å². The first-order valence-electron chi connectivity index (χ1n) is 5.42. The van der Waals surface area contributed by atoms with Crippen molar-refractivity contribution in [1.82, 2.24) is 9.97 Å². The van der Waals surface area contributed by atoms with Crippen LogP contribution in [0.15, 0.2) is 12.4 Å². The fraction of sp³-hybridized carbons (Fsp3) is 0.600. The molecule has 2 rings (SSSR count). The molecule has 0 spiro atoms. The molecule has 0 bridgehead atoms. The third-order valence-electron chi connectivity index (χ3n) is 2.83. The van der Waals surface area contributed by atoms with Crippen LogP contribution < -0.4 is 16.6 Å². The number of aromatic nitrogens is 2. The van der Waals surface area contributed by atoms with E-state index in [0.717, 1.165) is 25.5 Å². The topological polar surface area (TPSA) is 85.1 Å². The average molecular weight is 223 g/mol. The molecule has 16 heavy (non-hydrogen) atoms. The molecule has 88 valence electrons. The van der Waals surface area contributed by atoms with Crippen LogP contribution in [0.25, 0.3) is 0 Å². The van der Waals surface area contributed by atoms with Crippen LogP contribution in [0.5, 0.6) is 0 Å². The standard InChI is InChI=1S/C10H17N5O/c1-7(8-2-3-16-6-8)13-9-4-12-5-10(14-9)15-11/h4-5,7-8H,2-3,6,11H2,1H3,(H2,13,14,15). The molecular weight excluding hydrogens is 206 g/mol. The molecule has 0 aliphatic carbocycles. The second kappa shape index (κ2) is 5.09. The maximum absolute atomic E-state index is 5.35. The Morgan fingerprint density at radius 1 is 1.50 bits per heavy atom. The van der Waals surface area contributed by atoms with Crippen molar-refractivity contribution in [3.05, 3.63) is 12.4 Å². The van der Waals surface area contributed by atoms with Gasteiger partial charge in [-0.15, -0.1) is 0 Å². The first-order chi connectivity index (χ1) is 7.79. The van der Waals surface area contributed by atoms with E-state index in [1.54, 1.807) is 12.4 Å². The van der Waals surface area contributed by atoms with Crippen LogP contribution in [0.2, 0.25) is 0 Å². The number of anilines is 2. The summed E-state index contributed by atoms with van der Waals surface area (Å²) in [7, 11) is 0. The Bertz CT molecular complexity index is 340. The number of hydrazine groups is 1. The molecule has 2 heterocycles. The Morgan fingerprint density at radius 3 is 3.00 bits per heavy atom. The van der Waals surface area contributed by atoms with Crippen molar-refractivity contribution in [3.63, 3.8) is 0 Å². The maximum atomic E-state index is 5.35. The SMILES string of the molecule is CC(Nc1cncc(NN)n1)C1CCOC1. The molecule has 0 aromatic carbocycles. The molecule has 2 unspecified atom stereocenters. The molecule has 6 nitrogen and oxygen atoms in total. The lowest BCUT2D eigenvalue weighted by atomic mass is 10.0. The molecule has 1 saturated heterocycles. The predicted molar refractivity (Wildman–Crippen MR) is 61.9 cm³/mol. The van der Waals surface area contributed by atoms with E-state index in [1.807, 2.05) is 0 Å². The monoisotopic (exact) mass is 223 g/mol. The molecule has 6 heteroatoms. The molecule has 1 aliphatic heterocycles. The van der Waals surface area contributed by atoms with Crippen LogP contribution in [-0.4, -0.2) is 29.2 Å². The minimum atomic E-state index is 0.324. The summed E-state index contributed by atoms with van der Waals surface area (Å²) < 4.78 is 5.35. The first kappa shape index (κ1) is 11.1. The van der Waals surface area contributed by atoms with Gasteiger partial charge in [0.1, 0.15) is 5.82 Å². The normalized spacial score (nSPS) is 21.8. The molecule has 1 aromatic rings. The zero-order valence-electron chi connectivity index (χ0n) is 9.31. The highest BCUT2D eigenvalue weighted by molar-refractivity contribution is 5.41. The Morgan fingerprint density at radius 2 is 2.31 bits per heavy atom. The van der Waals surface area contributed by atoms with Gasteiger partial charge in [-0.05, 0) is 13.3 Å². The van der Waals surface area contributed by atoms with E-state index in [9.17, 15) is 0 Å². The van der Waals surface area contributed by atoms with Crippen LogP contribution in [0.3, 0.4) is 0 Å². The van der Waals surface area contributed by atoms with Crippen LogP contribution in [0.4, 0.5) is 11.6 Å². The van der Waals surface area contributed by atoms with Gasteiger partial charge in [0.25, 0.3) is 0 Å². The van der Waals surface area contributed by atoms with E-state index >= 15 is 0 Å². The summed E-state index contributed by atoms with van der Waals surface area (Å²) in [5.41, 5.74) is 2.47. The summed E-state index contributed by atoms with van der Waals surface area (Å²) in [6, 6.07) is 0.324. The van der Waals surface area contributed by atoms with E-state index in [4.69, 9.17) is 10.6 Å². The number of hydrogen-bond donors (Lipinski definition) is 3. The number of nitrogen functional groups attached to an aromatic ring is 1.